The van der Waals surface area contributed by atoms with Gasteiger partial charge in [-0.05, 0) is 43.8 Å². The highest BCUT2D eigenvalue weighted by molar-refractivity contribution is 5.38. The predicted molar refractivity (Wildman–Crippen MR) is 103 cm³/mol. The molecule has 0 bridgehead atoms. The first-order valence-corrected chi connectivity index (χ1v) is 8.74. The van der Waals surface area contributed by atoms with Gasteiger partial charge in [-0.2, -0.15) is 5.10 Å². The van der Waals surface area contributed by atoms with E-state index in [0.29, 0.717) is 12.2 Å². The van der Waals surface area contributed by atoms with Crippen LogP contribution in [0.5, 0.6) is 0 Å². The van der Waals surface area contributed by atoms with Gasteiger partial charge in [0.25, 0.3) is 5.56 Å². The Bertz CT molecular complexity index is 1100. The monoisotopic (exact) mass is 360 g/mol. The molecule has 27 heavy (non-hydrogen) atoms. The van der Waals surface area contributed by atoms with Gasteiger partial charge in [0.15, 0.2) is 0 Å². The van der Waals surface area contributed by atoms with Gasteiger partial charge in [0.05, 0.1) is 11.4 Å². The lowest BCUT2D eigenvalue weighted by Gasteiger charge is -2.25. The second kappa shape index (κ2) is 7.13. The highest BCUT2D eigenvalue weighted by Crippen LogP contribution is 2.21. The van der Waals surface area contributed by atoms with E-state index in [4.69, 9.17) is 0 Å². The lowest BCUT2D eigenvalue weighted by Crippen LogP contribution is -2.24. The fourth-order valence-corrected chi connectivity index (χ4v) is 3.08. The van der Waals surface area contributed by atoms with E-state index in [2.05, 4.69) is 39.0 Å². The second-order valence-corrected chi connectivity index (χ2v) is 6.54. The van der Waals surface area contributed by atoms with Gasteiger partial charge < -0.3 is 0 Å². The standard InChI is InChI=1S/C20H20N6O/c1-15(16-6-8-18(9-7-16)26-14-21-13-22-26)24(2)12-17-11-20(27)25-10-4-3-5-19(25)23-17/h3-11,13-15H,12H2,1-2H3/t15-/m1/s1. The zero-order valence-electron chi connectivity index (χ0n) is 15.2. The summed E-state index contributed by atoms with van der Waals surface area (Å²) in [4.78, 5) is 23.0. The van der Waals surface area contributed by atoms with Crippen molar-refractivity contribution in [2.45, 2.75) is 19.5 Å². The molecule has 0 aliphatic heterocycles. The normalized spacial score (nSPS) is 12.6. The maximum Gasteiger partial charge on any atom is 0.258 e. The predicted octanol–water partition coefficient (Wildman–Crippen LogP) is 2.47. The topological polar surface area (TPSA) is 68.3 Å². The molecule has 7 heteroatoms. The maximum absolute atomic E-state index is 12.3. The molecular weight excluding hydrogens is 340 g/mol. The molecule has 7 nitrogen and oxygen atoms in total. The number of hydrogen-bond donors (Lipinski definition) is 0. The summed E-state index contributed by atoms with van der Waals surface area (Å²) < 4.78 is 3.28. The Balaban J connectivity index is 1.52. The quantitative estimate of drug-likeness (QED) is 0.547. The van der Waals surface area contributed by atoms with Gasteiger partial charge in [-0.3, -0.25) is 14.1 Å². The smallest absolute Gasteiger partial charge is 0.258 e. The second-order valence-electron chi connectivity index (χ2n) is 6.54. The van der Waals surface area contributed by atoms with E-state index in [1.807, 2.05) is 37.4 Å². The van der Waals surface area contributed by atoms with Gasteiger partial charge in [0.2, 0.25) is 0 Å². The minimum absolute atomic E-state index is 0.0613. The molecule has 0 aliphatic carbocycles. The molecular formula is C20H20N6O. The van der Waals surface area contributed by atoms with E-state index in [0.717, 1.165) is 11.4 Å². The SMILES string of the molecule is C[C@H](c1ccc(-n2cncn2)cc1)N(C)Cc1cc(=O)n2ccccc2n1. The van der Waals surface area contributed by atoms with Gasteiger partial charge in [0, 0.05) is 24.8 Å². The molecule has 0 aliphatic rings. The number of aromatic nitrogens is 5. The van der Waals surface area contributed by atoms with Gasteiger partial charge in [-0.1, -0.05) is 18.2 Å². The van der Waals surface area contributed by atoms with Crippen LogP contribution in [0, 0.1) is 0 Å². The molecule has 0 unspecified atom stereocenters. The number of hydrogen-bond acceptors (Lipinski definition) is 5. The third-order valence-electron chi connectivity index (χ3n) is 4.76. The average Bonchev–Trinajstić information content (AvgIpc) is 3.22. The van der Waals surface area contributed by atoms with Crippen LogP contribution in [0.15, 0.2) is 72.2 Å². The highest BCUT2D eigenvalue weighted by atomic mass is 16.1. The number of rotatable bonds is 5. The Kier molecular flexibility index (Phi) is 4.52. The Morgan fingerprint density at radius 1 is 1.15 bits per heavy atom. The van der Waals surface area contributed by atoms with Crippen LogP contribution >= 0.6 is 0 Å². The van der Waals surface area contributed by atoms with Crippen LogP contribution in [0.4, 0.5) is 0 Å². The summed E-state index contributed by atoms with van der Waals surface area (Å²) in [7, 11) is 2.03. The van der Waals surface area contributed by atoms with Crippen molar-refractivity contribution in [3.8, 4) is 5.69 Å². The van der Waals surface area contributed by atoms with Crippen molar-refractivity contribution >= 4 is 5.65 Å². The maximum atomic E-state index is 12.3. The summed E-state index contributed by atoms with van der Waals surface area (Å²) in [5.41, 5.74) is 3.51. The van der Waals surface area contributed by atoms with Crippen LogP contribution in [0.1, 0.15) is 24.2 Å². The van der Waals surface area contributed by atoms with Crippen LogP contribution in [-0.2, 0) is 6.54 Å². The summed E-state index contributed by atoms with van der Waals surface area (Å²) in [5.74, 6) is 0. The first-order valence-electron chi connectivity index (χ1n) is 8.74. The van der Waals surface area contributed by atoms with Crippen molar-refractivity contribution in [2.24, 2.45) is 0 Å². The number of fused-ring (bicyclic) bond motifs is 1. The largest absolute Gasteiger partial charge is 0.294 e. The number of benzene rings is 1. The molecule has 3 heterocycles. The van der Waals surface area contributed by atoms with Crippen LogP contribution in [0.3, 0.4) is 0 Å². The molecule has 1 atom stereocenters. The van der Waals surface area contributed by atoms with Crippen molar-refractivity contribution in [1.29, 1.82) is 0 Å². The lowest BCUT2D eigenvalue weighted by atomic mass is 10.1. The van der Waals surface area contributed by atoms with Crippen LogP contribution in [-0.4, -0.2) is 36.1 Å². The zero-order chi connectivity index (χ0) is 18.8. The van der Waals surface area contributed by atoms with Crippen LogP contribution in [0.25, 0.3) is 11.3 Å². The van der Waals surface area contributed by atoms with Gasteiger partial charge in [-0.25, -0.2) is 14.6 Å². The average molecular weight is 360 g/mol. The van der Waals surface area contributed by atoms with Crippen molar-refractivity contribution in [3.63, 3.8) is 0 Å². The van der Waals surface area contributed by atoms with E-state index in [1.165, 1.54) is 11.9 Å². The molecule has 4 aromatic rings. The van der Waals surface area contributed by atoms with Gasteiger partial charge >= 0.3 is 0 Å². The molecule has 4 rings (SSSR count). The summed E-state index contributed by atoms with van der Waals surface area (Å²) >= 11 is 0. The van der Waals surface area contributed by atoms with Crippen molar-refractivity contribution < 1.29 is 0 Å². The molecule has 0 saturated heterocycles. The molecule has 0 N–H and O–H groups in total. The first kappa shape index (κ1) is 17.1. The van der Waals surface area contributed by atoms with Crippen LogP contribution < -0.4 is 5.56 Å². The van der Waals surface area contributed by atoms with E-state index >= 15 is 0 Å². The van der Waals surface area contributed by atoms with Crippen molar-refractivity contribution in [3.05, 3.63) is 89.0 Å². The third kappa shape index (κ3) is 3.50. The van der Waals surface area contributed by atoms with Crippen LogP contribution in [0.2, 0.25) is 0 Å². The number of nitrogens with zero attached hydrogens (tertiary/aromatic N) is 6. The zero-order valence-corrected chi connectivity index (χ0v) is 15.2. The first-order chi connectivity index (χ1) is 13.1. The highest BCUT2D eigenvalue weighted by Gasteiger charge is 2.14. The fourth-order valence-electron chi connectivity index (χ4n) is 3.08. The summed E-state index contributed by atoms with van der Waals surface area (Å²) in [6.45, 7) is 2.73. The van der Waals surface area contributed by atoms with E-state index in [1.54, 1.807) is 27.7 Å². The van der Waals surface area contributed by atoms with Crippen molar-refractivity contribution in [1.82, 2.24) is 29.0 Å². The van der Waals surface area contributed by atoms with E-state index in [9.17, 15) is 4.79 Å². The minimum atomic E-state index is -0.0613. The third-order valence-corrected chi connectivity index (χ3v) is 4.76. The molecule has 136 valence electrons. The Labute approximate surface area is 156 Å². The molecule has 0 radical (unpaired) electrons. The molecule has 0 saturated carbocycles. The summed E-state index contributed by atoms with van der Waals surface area (Å²) in [5, 5.41) is 4.14. The Morgan fingerprint density at radius 3 is 2.70 bits per heavy atom. The Hall–Kier alpha value is -3.32. The molecule has 0 fully saturated rings. The lowest BCUT2D eigenvalue weighted by molar-refractivity contribution is 0.250. The summed E-state index contributed by atoms with van der Waals surface area (Å²) in [6.07, 6.45) is 4.93. The van der Waals surface area contributed by atoms with Gasteiger partial charge in [0.1, 0.15) is 18.3 Å². The molecule has 3 aromatic heterocycles. The van der Waals surface area contributed by atoms with Gasteiger partial charge in [-0.15, -0.1) is 0 Å². The van der Waals surface area contributed by atoms with E-state index < -0.39 is 0 Å². The Morgan fingerprint density at radius 2 is 1.96 bits per heavy atom. The molecule has 0 spiro atoms. The van der Waals surface area contributed by atoms with E-state index in [-0.39, 0.29) is 11.6 Å². The van der Waals surface area contributed by atoms with Crippen molar-refractivity contribution in [2.75, 3.05) is 7.05 Å². The summed E-state index contributed by atoms with van der Waals surface area (Å²) in [6, 6.07) is 15.5. The molecule has 0 amide bonds. The molecule has 1 aromatic carbocycles. The minimum Gasteiger partial charge on any atom is -0.294 e. The number of pyridine rings is 1. The fraction of sp³-hybridized carbons (Fsp3) is 0.200.